The quantitative estimate of drug-likeness (QED) is 0.646. The van der Waals surface area contributed by atoms with Crippen LogP contribution in [0.2, 0.25) is 5.02 Å². The lowest BCUT2D eigenvalue weighted by Crippen LogP contribution is -2.00. The molecular formula is C15H7ClF2O2. The molecule has 5 heteroatoms. The number of carbonyl (C=O) groups is 1. The molecule has 3 aromatic rings. The average molecular weight is 293 g/mol. The maximum absolute atomic E-state index is 13.1. The molecule has 1 heterocycles. The van der Waals surface area contributed by atoms with Gasteiger partial charge in [-0.1, -0.05) is 11.6 Å². The summed E-state index contributed by atoms with van der Waals surface area (Å²) in [5, 5.41) is 1.19. The molecule has 0 bridgehead atoms. The molecule has 20 heavy (non-hydrogen) atoms. The van der Waals surface area contributed by atoms with E-state index in [0.717, 1.165) is 12.1 Å². The van der Waals surface area contributed by atoms with Gasteiger partial charge in [0.05, 0.1) is 0 Å². The van der Waals surface area contributed by atoms with Crippen molar-refractivity contribution in [2.75, 3.05) is 0 Å². The number of benzene rings is 2. The summed E-state index contributed by atoms with van der Waals surface area (Å²) in [6.07, 6.45) is 0. The second kappa shape index (κ2) is 4.72. The third-order valence-electron chi connectivity index (χ3n) is 2.88. The monoisotopic (exact) mass is 292 g/mol. The second-order valence-corrected chi connectivity index (χ2v) is 4.69. The molecule has 0 aliphatic carbocycles. The molecule has 0 saturated carbocycles. The first-order valence-electron chi connectivity index (χ1n) is 5.73. The Morgan fingerprint density at radius 2 is 1.80 bits per heavy atom. The topological polar surface area (TPSA) is 30.2 Å². The van der Waals surface area contributed by atoms with Gasteiger partial charge in [0.2, 0.25) is 5.78 Å². The van der Waals surface area contributed by atoms with Crippen LogP contribution in [0, 0.1) is 11.6 Å². The van der Waals surface area contributed by atoms with Crippen LogP contribution in [0.1, 0.15) is 16.1 Å². The number of furan rings is 1. The lowest BCUT2D eigenvalue weighted by Gasteiger charge is -1.98. The zero-order valence-electron chi connectivity index (χ0n) is 9.99. The molecule has 0 radical (unpaired) electrons. The number of fused-ring (bicyclic) bond motifs is 1. The van der Waals surface area contributed by atoms with Crippen molar-refractivity contribution in [3.63, 3.8) is 0 Å². The van der Waals surface area contributed by atoms with Crippen molar-refractivity contribution in [2.24, 2.45) is 0 Å². The minimum Gasteiger partial charge on any atom is -0.453 e. The number of rotatable bonds is 2. The second-order valence-electron chi connectivity index (χ2n) is 4.25. The van der Waals surface area contributed by atoms with Gasteiger partial charge in [-0.15, -0.1) is 0 Å². The lowest BCUT2D eigenvalue weighted by atomic mass is 10.1. The van der Waals surface area contributed by atoms with E-state index in [0.29, 0.717) is 16.0 Å². The fraction of sp³-hybridized carbons (Fsp3) is 0. The smallest absolute Gasteiger partial charge is 0.228 e. The largest absolute Gasteiger partial charge is 0.453 e. The summed E-state index contributed by atoms with van der Waals surface area (Å²) >= 11 is 5.84. The van der Waals surface area contributed by atoms with E-state index in [1.807, 2.05) is 0 Å². The Morgan fingerprint density at radius 3 is 2.55 bits per heavy atom. The van der Waals surface area contributed by atoms with E-state index in [9.17, 15) is 13.6 Å². The maximum Gasteiger partial charge on any atom is 0.228 e. The molecule has 0 spiro atoms. The Kier molecular flexibility index (Phi) is 3.03. The Labute approximate surface area is 117 Å². The molecule has 0 N–H and O–H groups in total. The van der Waals surface area contributed by atoms with E-state index < -0.39 is 17.4 Å². The Morgan fingerprint density at radius 1 is 1.00 bits per heavy atom. The molecule has 2 aromatic carbocycles. The molecule has 0 fully saturated rings. The molecule has 2 nitrogen and oxygen atoms in total. The number of ketones is 1. The van der Waals surface area contributed by atoms with E-state index in [1.165, 1.54) is 12.1 Å². The van der Waals surface area contributed by atoms with Crippen LogP contribution in [-0.4, -0.2) is 5.78 Å². The summed E-state index contributed by atoms with van der Waals surface area (Å²) in [7, 11) is 0. The molecule has 0 saturated heterocycles. The van der Waals surface area contributed by atoms with Crippen LogP contribution in [-0.2, 0) is 0 Å². The van der Waals surface area contributed by atoms with Crippen molar-refractivity contribution < 1.29 is 18.0 Å². The van der Waals surface area contributed by atoms with Crippen LogP contribution < -0.4 is 0 Å². The molecular weight excluding hydrogens is 286 g/mol. The summed E-state index contributed by atoms with van der Waals surface area (Å²) in [4.78, 5) is 12.1. The normalized spacial score (nSPS) is 10.9. The summed E-state index contributed by atoms with van der Waals surface area (Å²) in [6.45, 7) is 0. The maximum atomic E-state index is 13.1. The molecule has 0 amide bonds. The van der Waals surface area contributed by atoms with E-state index in [1.54, 1.807) is 18.2 Å². The Bertz CT molecular complexity index is 824. The van der Waals surface area contributed by atoms with Gasteiger partial charge in [0.15, 0.2) is 17.4 Å². The predicted molar refractivity (Wildman–Crippen MR) is 71.0 cm³/mol. The molecule has 1 aromatic heterocycles. The molecule has 0 aliphatic heterocycles. The fourth-order valence-electron chi connectivity index (χ4n) is 1.91. The van der Waals surface area contributed by atoms with Crippen molar-refractivity contribution in [2.45, 2.75) is 0 Å². The molecule has 0 aliphatic rings. The van der Waals surface area contributed by atoms with Gasteiger partial charge in [0.1, 0.15) is 5.58 Å². The number of hydrogen-bond acceptors (Lipinski definition) is 2. The Hall–Kier alpha value is -2.20. The van der Waals surface area contributed by atoms with Gasteiger partial charge in [-0.25, -0.2) is 8.78 Å². The standard InChI is InChI=1S/C15H7ClF2O2/c16-10-2-4-13-9(5-10)7-14(20-13)15(19)8-1-3-11(17)12(18)6-8/h1-7H. The first-order valence-corrected chi connectivity index (χ1v) is 6.11. The summed E-state index contributed by atoms with van der Waals surface area (Å²) in [5.41, 5.74) is 0.523. The third-order valence-corrected chi connectivity index (χ3v) is 3.12. The third kappa shape index (κ3) is 2.18. The number of carbonyl (C=O) groups excluding carboxylic acids is 1. The summed E-state index contributed by atoms with van der Waals surface area (Å²) in [5.74, 6) is -2.54. The van der Waals surface area contributed by atoms with Gasteiger partial charge in [0, 0.05) is 16.0 Å². The van der Waals surface area contributed by atoms with Crippen molar-refractivity contribution >= 4 is 28.4 Å². The average Bonchev–Trinajstić information content (AvgIpc) is 2.84. The van der Waals surface area contributed by atoms with Crippen LogP contribution in [0.5, 0.6) is 0 Å². The number of halogens is 3. The molecule has 0 unspecified atom stereocenters. The number of hydrogen-bond donors (Lipinski definition) is 0. The van der Waals surface area contributed by atoms with Gasteiger partial charge < -0.3 is 4.42 Å². The predicted octanol–water partition coefficient (Wildman–Crippen LogP) is 4.60. The highest BCUT2D eigenvalue weighted by molar-refractivity contribution is 6.31. The van der Waals surface area contributed by atoms with Gasteiger partial charge in [0.25, 0.3) is 0 Å². The first-order chi connectivity index (χ1) is 9.54. The van der Waals surface area contributed by atoms with Crippen molar-refractivity contribution in [3.05, 3.63) is 70.4 Å². The van der Waals surface area contributed by atoms with Crippen LogP contribution >= 0.6 is 11.6 Å². The van der Waals surface area contributed by atoms with Gasteiger partial charge in [-0.05, 0) is 42.5 Å². The van der Waals surface area contributed by atoms with Crippen molar-refractivity contribution in [1.29, 1.82) is 0 Å². The van der Waals surface area contributed by atoms with E-state index >= 15 is 0 Å². The minimum atomic E-state index is -1.07. The molecule has 0 atom stereocenters. The highest BCUT2D eigenvalue weighted by Gasteiger charge is 2.16. The van der Waals surface area contributed by atoms with Gasteiger partial charge >= 0.3 is 0 Å². The zero-order chi connectivity index (χ0) is 14.3. The Balaban J connectivity index is 2.05. The van der Waals surface area contributed by atoms with Crippen molar-refractivity contribution in [3.8, 4) is 0 Å². The first kappa shape index (κ1) is 12.8. The highest BCUT2D eigenvalue weighted by atomic mass is 35.5. The van der Waals surface area contributed by atoms with E-state index in [-0.39, 0.29) is 11.3 Å². The van der Waals surface area contributed by atoms with Crippen LogP contribution in [0.3, 0.4) is 0 Å². The van der Waals surface area contributed by atoms with Gasteiger partial charge in [-0.3, -0.25) is 4.79 Å². The lowest BCUT2D eigenvalue weighted by molar-refractivity contribution is 0.101. The summed E-state index contributed by atoms with van der Waals surface area (Å²) in [6, 6.07) is 9.41. The van der Waals surface area contributed by atoms with E-state index in [2.05, 4.69) is 0 Å². The van der Waals surface area contributed by atoms with Crippen molar-refractivity contribution in [1.82, 2.24) is 0 Å². The van der Waals surface area contributed by atoms with Crippen LogP contribution in [0.15, 0.2) is 46.9 Å². The highest BCUT2D eigenvalue weighted by Crippen LogP contribution is 2.24. The molecule has 3 rings (SSSR count). The van der Waals surface area contributed by atoms with Gasteiger partial charge in [-0.2, -0.15) is 0 Å². The van der Waals surface area contributed by atoms with Crippen LogP contribution in [0.4, 0.5) is 8.78 Å². The van der Waals surface area contributed by atoms with Crippen LogP contribution in [0.25, 0.3) is 11.0 Å². The van der Waals surface area contributed by atoms with E-state index in [4.69, 9.17) is 16.0 Å². The molecule has 100 valence electrons. The minimum absolute atomic E-state index is 0.0223. The summed E-state index contributed by atoms with van der Waals surface area (Å²) < 4.78 is 31.4. The zero-order valence-corrected chi connectivity index (χ0v) is 10.7. The SMILES string of the molecule is O=C(c1ccc(F)c(F)c1)c1cc2cc(Cl)ccc2o1. The fourth-order valence-corrected chi connectivity index (χ4v) is 2.09.